The molecule has 0 saturated heterocycles. The molecular formula is C5H13N3O. The van der Waals surface area contributed by atoms with E-state index in [9.17, 15) is 0 Å². The Morgan fingerprint density at radius 3 is 2.67 bits per heavy atom. The molecule has 0 saturated carbocycles. The second-order valence-electron chi connectivity index (χ2n) is 1.87. The van der Waals surface area contributed by atoms with Gasteiger partial charge in [0.2, 0.25) is 0 Å². The third kappa shape index (κ3) is 3.78. The molecule has 0 aliphatic rings. The van der Waals surface area contributed by atoms with E-state index in [1.807, 2.05) is 6.92 Å². The molecule has 0 fully saturated rings. The molecule has 0 aliphatic carbocycles. The van der Waals surface area contributed by atoms with E-state index in [4.69, 9.17) is 16.3 Å². The van der Waals surface area contributed by atoms with Gasteiger partial charge in [-0.2, -0.15) is 5.10 Å². The molecule has 1 atom stereocenters. The number of nitrogens with zero attached hydrogens (tertiary/aromatic N) is 1. The molecule has 0 rings (SSSR count). The fourth-order valence-electron chi connectivity index (χ4n) is 0.431. The van der Waals surface area contributed by atoms with Crippen molar-refractivity contribution in [2.24, 2.45) is 16.7 Å². The quantitative estimate of drug-likeness (QED) is 0.238. The van der Waals surface area contributed by atoms with Crippen LogP contribution in [0.25, 0.3) is 0 Å². The molecule has 4 nitrogen and oxygen atoms in total. The Morgan fingerprint density at radius 1 is 1.78 bits per heavy atom. The summed E-state index contributed by atoms with van der Waals surface area (Å²) in [5, 5.41) is 3.29. The maximum atomic E-state index is 5.29. The minimum atomic E-state index is 0.0947. The minimum Gasteiger partial charge on any atom is -0.386 e. The lowest BCUT2D eigenvalue weighted by Gasteiger charge is -2.06. The summed E-state index contributed by atoms with van der Waals surface area (Å²) in [6.07, 6.45) is 0.685. The summed E-state index contributed by atoms with van der Waals surface area (Å²) in [5.41, 5.74) is 5.29. The maximum Gasteiger partial charge on any atom is 0.121 e. The van der Waals surface area contributed by atoms with Crippen LogP contribution >= 0.6 is 0 Å². The molecule has 1 unspecified atom stereocenters. The third-order valence-electron chi connectivity index (χ3n) is 1.06. The van der Waals surface area contributed by atoms with E-state index in [0.717, 1.165) is 0 Å². The van der Waals surface area contributed by atoms with Gasteiger partial charge in [0.15, 0.2) is 0 Å². The predicted molar refractivity (Wildman–Crippen MR) is 36.9 cm³/mol. The number of ether oxygens (including phenoxy) is 1. The zero-order valence-electron chi connectivity index (χ0n) is 5.79. The topological polar surface area (TPSA) is 73.6 Å². The standard InChI is InChI=1S/C5H13N3O/c1-4(9-2)3-5(6)8-7/h4H,3,7H2,1-2H3,(H2,6,8). The average molecular weight is 131 g/mol. The van der Waals surface area contributed by atoms with Gasteiger partial charge in [0, 0.05) is 13.5 Å². The maximum absolute atomic E-state index is 5.29. The van der Waals surface area contributed by atoms with E-state index in [2.05, 4.69) is 5.10 Å². The molecule has 0 aromatic carbocycles. The van der Waals surface area contributed by atoms with Crippen LogP contribution in [0, 0.1) is 0 Å². The SMILES string of the molecule is COC(C)CC(N)=NN. The van der Waals surface area contributed by atoms with Crippen molar-refractivity contribution < 1.29 is 4.74 Å². The monoisotopic (exact) mass is 131 g/mol. The largest absolute Gasteiger partial charge is 0.386 e. The second-order valence-corrected chi connectivity index (χ2v) is 1.87. The van der Waals surface area contributed by atoms with Crippen LogP contribution in [0.5, 0.6) is 0 Å². The highest BCUT2D eigenvalue weighted by atomic mass is 16.5. The molecule has 0 radical (unpaired) electrons. The summed E-state index contributed by atoms with van der Waals surface area (Å²) < 4.78 is 4.91. The van der Waals surface area contributed by atoms with Gasteiger partial charge < -0.3 is 16.3 Å². The van der Waals surface area contributed by atoms with Crippen molar-refractivity contribution in [2.75, 3.05) is 7.11 Å². The molecule has 0 bridgehead atoms. The van der Waals surface area contributed by atoms with Crippen molar-refractivity contribution in [3.8, 4) is 0 Å². The zero-order chi connectivity index (χ0) is 7.28. The number of amidine groups is 1. The Kier molecular flexibility index (Phi) is 3.79. The Morgan fingerprint density at radius 2 is 2.33 bits per heavy atom. The van der Waals surface area contributed by atoms with E-state index in [1.165, 1.54) is 0 Å². The van der Waals surface area contributed by atoms with Gasteiger partial charge in [0.25, 0.3) is 0 Å². The van der Waals surface area contributed by atoms with Gasteiger partial charge in [-0.15, -0.1) is 0 Å². The van der Waals surface area contributed by atoms with Gasteiger partial charge in [-0.1, -0.05) is 0 Å². The molecule has 4 N–H and O–H groups in total. The van der Waals surface area contributed by atoms with Crippen LogP contribution in [0.2, 0.25) is 0 Å². The fourth-order valence-corrected chi connectivity index (χ4v) is 0.431. The highest BCUT2D eigenvalue weighted by molar-refractivity contribution is 5.80. The van der Waals surface area contributed by atoms with Crippen LogP contribution in [-0.4, -0.2) is 19.0 Å². The molecule has 0 aromatic heterocycles. The van der Waals surface area contributed by atoms with Crippen molar-refractivity contribution >= 4 is 5.84 Å². The van der Waals surface area contributed by atoms with Gasteiger partial charge in [-0.25, -0.2) is 0 Å². The molecule has 0 amide bonds. The smallest absolute Gasteiger partial charge is 0.121 e. The first kappa shape index (κ1) is 8.23. The average Bonchev–Trinajstić information content (AvgIpc) is 1.87. The van der Waals surface area contributed by atoms with E-state index in [-0.39, 0.29) is 6.10 Å². The lowest BCUT2D eigenvalue weighted by Crippen LogP contribution is -2.20. The number of hydrogen-bond acceptors (Lipinski definition) is 3. The number of rotatable bonds is 3. The van der Waals surface area contributed by atoms with E-state index >= 15 is 0 Å². The van der Waals surface area contributed by atoms with Crippen LogP contribution < -0.4 is 11.6 Å². The van der Waals surface area contributed by atoms with Crippen molar-refractivity contribution in [3.63, 3.8) is 0 Å². The Bertz CT molecular complexity index is 102. The first-order valence-electron chi connectivity index (χ1n) is 2.75. The summed E-state index contributed by atoms with van der Waals surface area (Å²) >= 11 is 0. The first-order valence-corrected chi connectivity index (χ1v) is 2.75. The van der Waals surface area contributed by atoms with Crippen molar-refractivity contribution in [2.45, 2.75) is 19.4 Å². The summed E-state index contributed by atoms with van der Waals surface area (Å²) in [4.78, 5) is 0. The number of hydrogen-bond donors (Lipinski definition) is 2. The lowest BCUT2D eigenvalue weighted by molar-refractivity contribution is 0.124. The van der Waals surface area contributed by atoms with Crippen molar-refractivity contribution in [3.05, 3.63) is 0 Å². The summed E-state index contributed by atoms with van der Waals surface area (Å²) in [5.74, 6) is 5.30. The first-order chi connectivity index (χ1) is 4.20. The molecule has 54 valence electrons. The van der Waals surface area contributed by atoms with Crippen molar-refractivity contribution in [1.29, 1.82) is 0 Å². The molecule has 0 heterocycles. The second kappa shape index (κ2) is 4.14. The van der Waals surface area contributed by atoms with Gasteiger partial charge in [-0.3, -0.25) is 0 Å². The van der Waals surface area contributed by atoms with Gasteiger partial charge >= 0.3 is 0 Å². The van der Waals surface area contributed by atoms with Crippen LogP contribution in [0.4, 0.5) is 0 Å². The Hall–Kier alpha value is -0.770. The van der Waals surface area contributed by atoms with Crippen LogP contribution in [-0.2, 0) is 4.74 Å². The molecule has 0 aromatic rings. The predicted octanol–water partition coefficient (Wildman–Crippen LogP) is -0.358. The summed E-state index contributed by atoms with van der Waals surface area (Å²) in [6.45, 7) is 1.90. The van der Waals surface area contributed by atoms with Crippen LogP contribution in [0.15, 0.2) is 5.10 Å². The number of hydrazone groups is 1. The van der Waals surface area contributed by atoms with E-state index in [1.54, 1.807) is 7.11 Å². The normalized spacial score (nSPS) is 15.6. The van der Waals surface area contributed by atoms with E-state index < -0.39 is 0 Å². The van der Waals surface area contributed by atoms with Gasteiger partial charge in [0.05, 0.1) is 6.10 Å². The molecule has 0 spiro atoms. The number of nitrogens with two attached hydrogens (primary N) is 2. The molecule has 4 heteroatoms. The highest BCUT2D eigenvalue weighted by Crippen LogP contribution is 1.92. The lowest BCUT2D eigenvalue weighted by atomic mass is 10.3. The summed E-state index contributed by atoms with van der Waals surface area (Å²) in [6, 6.07) is 0. The molecular weight excluding hydrogens is 118 g/mol. The van der Waals surface area contributed by atoms with Crippen LogP contribution in [0.1, 0.15) is 13.3 Å². The van der Waals surface area contributed by atoms with E-state index in [0.29, 0.717) is 12.3 Å². The molecule has 0 aliphatic heterocycles. The fraction of sp³-hybridized carbons (Fsp3) is 0.800. The van der Waals surface area contributed by atoms with Crippen LogP contribution in [0.3, 0.4) is 0 Å². The van der Waals surface area contributed by atoms with Crippen molar-refractivity contribution in [1.82, 2.24) is 0 Å². The zero-order valence-corrected chi connectivity index (χ0v) is 5.79. The molecule has 9 heavy (non-hydrogen) atoms. The highest BCUT2D eigenvalue weighted by Gasteiger charge is 2.00. The Labute approximate surface area is 54.9 Å². The number of methoxy groups -OCH3 is 1. The minimum absolute atomic E-state index is 0.0947. The Balaban J connectivity index is 3.47. The van der Waals surface area contributed by atoms with Gasteiger partial charge in [-0.05, 0) is 6.92 Å². The van der Waals surface area contributed by atoms with Gasteiger partial charge in [0.1, 0.15) is 5.84 Å². The third-order valence-corrected chi connectivity index (χ3v) is 1.06. The summed E-state index contributed by atoms with van der Waals surface area (Å²) in [7, 11) is 1.62.